The van der Waals surface area contributed by atoms with E-state index in [2.05, 4.69) is 10.6 Å². The lowest BCUT2D eigenvalue weighted by Crippen LogP contribution is -2.34. The SMILES string of the molecule is CCCNC(=O)COC(=O)C(C)Nc1ccc(C(F)(F)F)cc1[N+](=O)[O-]. The van der Waals surface area contributed by atoms with Crippen LogP contribution < -0.4 is 10.6 Å². The highest BCUT2D eigenvalue weighted by atomic mass is 19.4. The number of nitro groups is 1. The van der Waals surface area contributed by atoms with Gasteiger partial charge in [-0.1, -0.05) is 6.92 Å². The van der Waals surface area contributed by atoms with Crippen LogP contribution in [0.5, 0.6) is 0 Å². The van der Waals surface area contributed by atoms with Crippen molar-refractivity contribution in [2.75, 3.05) is 18.5 Å². The number of nitro benzene ring substituents is 1. The Hall–Kier alpha value is -2.85. The molecule has 11 heteroatoms. The number of carbonyl (C=O) groups is 2. The van der Waals surface area contributed by atoms with E-state index in [1.54, 1.807) is 0 Å². The number of halogens is 3. The van der Waals surface area contributed by atoms with Gasteiger partial charge in [-0.15, -0.1) is 0 Å². The van der Waals surface area contributed by atoms with E-state index in [9.17, 15) is 32.9 Å². The van der Waals surface area contributed by atoms with Gasteiger partial charge in [-0.05, 0) is 25.5 Å². The number of rotatable bonds is 8. The Bertz CT molecular complexity index is 679. The van der Waals surface area contributed by atoms with Crippen molar-refractivity contribution in [3.8, 4) is 0 Å². The topological polar surface area (TPSA) is 111 Å². The van der Waals surface area contributed by atoms with Crippen LogP contribution in [-0.2, 0) is 20.5 Å². The number of amides is 1. The molecule has 1 amide bonds. The molecule has 1 atom stereocenters. The maximum atomic E-state index is 12.7. The fourth-order valence-electron chi connectivity index (χ4n) is 1.85. The fraction of sp³-hybridized carbons (Fsp3) is 0.467. The Morgan fingerprint density at radius 1 is 1.35 bits per heavy atom. The van der Waals surface area contributed by atoms with Crippen LogP contribution in [0.3, 0.4) is 0 Å². The Kier molecular flexibility index (Phi) is 7.35. The second-order valence-electron chi connectivity index (χ2n) is 5.31. The summed E-state index contributed by atoms with van der Waals surface area (Å²) in [5.74, 6) is -1.39. The van der Waals surface area contributed by atoms with E-state index in [0.29, 0.717) is 25.1 Å². The Morgan fingerprint density at radius 3 is 2.54 bits per heavy atom. The summed E-state index contributed by atoms with van der Waals surface area (Å²) in [7, 11) is 0. The summed E-state index contributed by atoms with van der Waals surface area (Å²) in [4.78, 5) is 33.2. The first-order valence-electron chi connectivity index (χ1n) is 7.61. The molecule has 0 aliphatic carbocycles. The van der Waals surface area contributed by atoms with Crippen LogP contribution >= 0.6 is 0 Å². The molecule has 0 aromatic heterocycles. The summed E-state index contributed by atoms with van der Waals surface area (Å²) in [6.45, 7) is 3.03. The minimum atomic E-state index is -4.74. The van der Waals surface area contributed by atoms with Crippen LogP contribution in [0.2, 0.25) is 0 Å². The molecule has 1 aromatic carbocycles. The zero-order valence-corrected chi connectivity index (χ0v) is 14.1. The number of alkyl halides is 3. The van der Waals surface area contributed by atoms with Crippen LogP contribution in [0, 0.1) is 10.1 Å². The first-order chi connectivity index (χ1) is 12.1. The summed E-state index contributed by atoms with van der Waals surface area (Å²) < 4.78 is 42.7. The number of hydrogen-bond donors (Lipinski definition) is 2. The largest absolute Gasteiger partial charge is 0.454 e. The molecule has 2 N–H and O–H groups in total. The number of nitrogens with zero attached hydrogens (tertiary/aromatic N) is 1. The van der Waals surface area contributed by atoms with E-state index >= 15 is 0 Å². The molecule has 0 heterocycles. The average Bonchev–Trinajstić information content (AvgIpc) is 2.56. The molecule has 1 aromatic rings. The van der Waals surface area contributed by atoms with Crippen LogP contribution in [0.4, 0.5) is 24.5 Å². The molecule has 144 valence electrons. The zero-order valence-electron chi connectivity index (χ0n) is 14.1. The standard InChI is InChI=1S/C15H18F3N3O5/c1-3-6-19-13(22)8-26-14(23)9(2)20-11-5-4-10(15(16,17)18)7-12(11)21(24)25/h4-5,7,9,20H,3,6,8H2,1-2H3,(H,19,22). The normalized spacial score (nSPS) is 12.2. The first-order valence-corrected chi connectivity index (χ1v) is 7.61. The molecule has 26 heavy (non-hydrogen) atoms. The lowest BCUT2D eigenvalue weighted by atomic mass is 10.1. The molecular weight excluding hydrogens is 359 g/mol. The van der Waals surface area contributed by atoms with E-state index < -0.39 is 46.9 Å². The summed E-state index contributed by atoms with van der Waals surface area (Å²) in [5.41, 5.74) is -2.29. The summed E-state index contributed by atoms with van der Waals surface area (Å²) >= 11 is 0. The minimum Gasteiger partial charge on any atom is -0.454 e. The van der Waals surface area contributed by atoms with Gasteiger partial charge in [-0.25, -0.2) is 4.79 Å². The van der Waals surface area contributed by atoms with Crippen LogP contribution in [0.25, 0.3) is 0 Å². The van der Waals surface area contributed by atoms with Crippen molar-refractivity contribution in [3.05, 3.63) is 33.9 Å². The summed E-state index contributed by atoms with van der Waals surface area (Å²) in [6.07, 6.45) is -4.03. The number of anilines is 1. The van der Waals surface area contributed by atoms with Gasteiger partial charge in [-0.2, -0.15) is 13.2 Å². The highest BCUT2D eigenvalue weighted by molar-refractivity contribution is 5.84. The van der Waals surface area contributed by atoms with Gasteiger partial charge in [-0.3, -0.25) is 14.9 Å². The van der Waals surface area contributed by atoms with Gasteiger partial charge in [0, 0.05) is 12.6 Å². The number of benzene rings is 1. The first kappa shape index (κ1) is 21.2. The predicted octanol–water partition coefficient (Wildman–Crippen LogP) is 2.48. The van der Waals surface area contributed by atoms with Gasteiger partial charge in [0.25, 0.3) is 11.6 Å². The quantitative estimate of drug-likeness (QED) is 0.409. The van der Waals surface area contributed by atoms with Crippen LogP contribution in [0.1, 0.15) is 25.8 Å². The molecular formula is C15H18F3N3O5. The van der Waals surface area contributed by atoms with Crippen molar-refractivity contribution in [1.82, 2.24) is 5.32 Å². The van der Waals surface area contributed by atoms with Crippen molar-refractivity contribution >= 4 is 23.3 Å². The molecule has 0 bridgehead atoms. The van der Waals surface area contributed by atoms with E-state index in [-0.39, 0.29) is 5.69 Å². The Labute approximate surface area is 146 Å². The van der Waals surface area contributed by atoms with Gasteiger partial charge in [0.15, 0.2) is 6.61 Å². The molecule has 8 nitrogen and oxygen atoms in total. The van der Waals surface area contributed by atoms with Gasteiger partial charge in [0.2, 0.25) is 0 Å². The molecule has 0 radical (unpaired) electrons. The van der Waals surface area contributed by atoms with E-state index in [1.165, 1.54) is 6.92 Å². The highest BCUT2D eigenvalue weighted by Gasteiger charge is 2.33. The van der Waals surface area contributed by atoms with Gasteiger partial charge in [0.05, 0.1) is 10.5 Å². The smallest absolute Gasteiger partial charge is 0.416 e. The van der Waals surface area contributed by atoms with E-state index in [0.717, 1.165) is 6.07 Å². The van der Waals surface area contributed by atoms with Crippen molar-refractivity contribution in [2.24, 2.45) is 0 Å². The van der Waals surface area contributed by atoms with Crippen LogP contribution in [-0.4, -0.2) is 36.0 Å². The molecule has 0 saturated carbocycles. The number of nitrogens with one attached hydrogen (secondary N) is 2. The second-order valence-corrected chi connectivity index (χ2v) is 5.31. The van der Waals surface area contributed by atoms with Crippen molar-refractivity contribution < 1.29 is 32.4 Å². The zero-order chi connectivity index (χ0) is 19.9. The third-order valence-corrected chi connectivity index (χ3v) is 3.17. The molecule has 1 rings (SSSR count). The lowest BCUT2D eigenvalue weighted by molar-refractivity contribution is -0.384. The molecule has 0 aliphatic rings. The Morgan fingerprint density at radius 2 is 2.00 bits per heavy atom. The molecule has 0 spiro atoms. The number of esters is 1. The van der Waals surface area contributed by atoms with Gasteiger partial charge < -0.3 is 15.4 Å². The maximum absolute atomic E-state index is 12.7. The maximum Gasteiger partial charge on any atom is 0.416 e. The number of carbonyl (C=O) groups excluding carboxylic acids is 2. The number of hydrogen-bond acceptors (Lipinski definition) is 6. The van der Waals surface area contributed by atoms with Crippen molar-refractivity contribution in [3.63, 3.8) is 0 Å². The average molecular weight is 377 g/mol. The summed E-state index contributed by atoms with van der Waals surface area (Å²) in [5, 5.41) is 15.9. The monoisotopic (exact) mass is 377 g/mol. The minimum absolute atomic E-state index is 0.275. The fourth-order valence-corrected chi connectivity index (χ4v) is 1.85. The Balaban J connectivity index is 2.79. The van der Waals surface area contributed by atoms with Gasteiger partial charge >= 0.3 is 12.1 Å². The molecule has 0 fully saturated rings. The van der Waals surface area contributed by atoms with Crippen molar-refractivity contribution in [2.45, 2.75) is 32.5 Å². The third kappa shape index (κ3) is 6.22. The van der Waals surface area contributed by atoms with E-state index in [4.69, 9.17) is 4.74 Å². The summed E-state index contributed by atoms with van der Waals surface area (Å²) in [6, 6.07) is 0.771. The van der Waals surface area contributed by atoms with E-state index in [1.807, 2.05) is 6.92 Å². The number of ether oxygens (including phenoxy) is 1. The molecule has 1 unspecified atom stereocenters. The second kappa shape index (κ2) is 9.02. The predicted molar refractivity (Wildman–Crippen MR) is 85.4 cm³/mol. The van der Waals surface area contributed by atoms with Crippen molar-refractivity contribution in [1.29, 1.82) is 0 Å². The van der Waals surface area contributed by atoms with Gasteiger partial charge in [0.1, 0.15) is 11.7 Å². The molecule has 0 aliphatic heterocycles. The molecule has 0 saturated heterocycles. The highest BCUT2D eigenvalue weighted by Crippen LogP contribution is 2.35. The lowest BCUT2D eigenvalue weighted by Gasteiger charge is -2.15. The third-order valence-electron chi connectivity index (χ3n) is 3.17. The van der Waals surface area contributed by atoms with Crippen LogP contribution in [0.15, 0.2) is 18.2 Å².